The second-order valence-corrected chi connectivity index (χ2v) is 25.1. The third-order valence-electron chi connectivity index (χ3n) is 14.9. The number of nitrogens with zero attached hydrogens (tertiary/aromatic N) is 1. The molecular weight excluding hydrogens is 1130 g/mol. The van der Waals surface area contributed by atoms with Gasteiger partial charge in [-0.3, -0.25) is 19.3 Å². The summed E-state index contributed by atoms with van der Waals surface area (Å²) in [5, 5.41) is 18.8. The quantitative estimate of drug-likeness (QED) is 0.0175. The molecule has 17 heteroatoms. The first-order valence-corrected chi connectivity index (χ1v) is 30.4. The number of carbonyl (C=O) groups is 3. The van der Waals surface area contributed by atoms with Crippen LogP contribution >= 0.6 is 0 Å². The Morgan fingerprint density at radius 3 is 1.60 bits per heavy atom. The van der Waals surface area contributed by atoms with Gasteiger partial charge in [-0.25, -0.2) is 17.2 Å². The maximum absolute atomic E-state index is 13.6. The Morgan fingerprint density at radius 1 is 0.729 bits per heavy atom. The molecule has 1 saturated heterocycles. The van der Waals surface area contributed by atoms with Gasteiger partial charge in [0.2, 0.25) is 39.0 Å². The Kier molecular flexibility index (Phi) is 23.5. The number of aromatic hydroxyl groups is 1. The maximum Gasteiger partial charge on any atom is 0.317 e. The first-order valence-electron chi connectivity index (χ1n) is 27.7. The summed E-state index contributed by atoms with van der Waals surface area (Å²) in [6, 6.07) is 49.9. The average Bonchev–Trinajstić information content (AvgIpc) is 3.92. The van der Waals surface area contributed by atoms with Crippen LogP contribution in [0.25, 0.3) is 0 Å². The van der Waals surface area contributed by atoms with Crippen LogP contribution in [0.2, 0.25) is 0 Å². The number of rotatable bonds is 12. The largest absolute Gasteiger partial charge is 0.744 e. The van der Waals surface area contributed by atoms with Gasteiger partial charge in [0.15, 0.2) is 28.0 Å². The number of carbonyl (C=O) groups excluding carboxylic acids is 3. The van der Waals surface area contributed by atoms with Crippen molar-refractivity contribution in [3.63, 3.8) is 0 Å². The Bertz CT molecular complexity index is 3510. The molecule has 1 fully saturated rings. The fourth-order valence-corrected chi connectivity index (χ4v) is 11.2. The lowest BCUT2D eigenvalue weighted by molar-refractivity contribution is -0.144. The van der Waals surface area contributed by atoms with E-state index in [4.69, 9.17) is 16.3 Å². The molecule has 7 aromatic carbocycles. The molecule has 2 amide bonds. The minimum Gasteiger partial charge on any atom is -0.744 e. The molecule has 7 aromatic rings. The molecule has 85 heavy (non-hydrogen) atoms. The van der Waals surface area contributed by atoms with Crippen molar-refractivity contribution in [1.29, 1.82) is 0 Å². The predicted octanol–water partition coefficient (Wildman–Crippen LogP) is 16.1. The summed E-state index contributed by atoms with van der Waals surface area (Å²) in [6.45, 7) is 20.4. The average molecular weight is 1200 g/mol. The standard InChI is InChI=1S/C18H13OS.C15H15NO2.C13H20O.C12H12F4O5S.C10H14O/c1-2-8-14(9-3-1)20-17-12-6-4-10-15(17)19-16-11-5-7-13-18(16)20;1-4-11-6-8-12(9-7-11)16-13(17)10-15(3,5-2)14(16)18;1-5-10(2)11-6-8-12(9-7-11)13(3,4)14;1-4-12(2,3)11(17)21-9-5(13)7(15)10(22(18,19)20)8(16)6(9)14;1-3-8(2)9-4-6-10(11)7-5-9/h1-13H;1,6-9H,5,10H2,2-3H3;6-10,14H,5H2,1-4H3;4H2,1-3H3,(H,18,19,20);4-8,11H,3H2,1-2H3/q+1;;;;/p-1. The number of hydrogen-bond donors (Lipinski definition) is 2. The molecule has 0 saturated carbocycles. The number of aliphatic hydroxyl groups is 1. The molecule has 2 aliphatic heterocycles. The van der Waals surface area contributed by atoms with Crippen molar-refractivity contribution < 1.29 is 64.6 Å². The van der Waals surface area contributed by atoms with E-state index in [1.165, 1.54) is 44.6 Å². The van der Waals surface area contributed by atoms with Crippen molar-refractivity contribution in [2.75, 3.05) is 4.90 Å². The summed E-state index contributed by atoms with van der Waals surface area (Å²) in [4.78, 5) is 38.8. The highest BCUT2D eigenvalue weighted by Gasteiger charge is 2.47. The smallest absolute Gasteiger partial charge is 0.317 e. The molecule has 0 radical (unpaired) electrons. The highest BCUT2D eigenvalue weighted by Crippen LogP contribution is 2.47. The summed E-state index contributed by atoms with van der Waals surface area (Å²) in [5.41, 5.74) is 2.44. The van der Waals surface area contributed by atoms with Crippen LogP contribution in [0.15, 0.2) is 171 Å². The zero-order chi connectivity index (χ0) is 63.2. The normalized spacial score (nSPS) is 15.2. The number of ether oxygens (including phenoxy) is 2. The van der Waals surface area contributed by atoms with Crippen LogP contribution in [0.3, 0.4) is 0 Å². The van der Waals surface area contributed by atoms with Crippen molar-refractivity contribution in [2.24, 2.45) is 10.8 Å². The summed E-state index contributed by atoms with van der Waals surface area (Å²) in [7, 11) is -5.89. The fourth-order valence-electron chi connectivity index (χ4n) is 8.34. The molecule has 0 spiro atoms. The molecule has 0 bridgehead atoms. The van der Waals surface area contributed by atoms with Crippen LogP contribution < -0.4 is 14.4 Å². The number of para-hydroxylation sites is 2. The molecular formula is C68H73F4NO10S2. The number of imide groups is 1. The van der Waals surface area contributed by atoms with Crippen molar-refractivity contribution in [3.8, 4) is 35.3 Å². The topological polar surface area (TPSA) is 171 Å². The number of hydrogen-bond acceptors (Lipinski definition) is 10. The molecule has 3 atom stereocenters. The summed E-state index contributed by atoms with van der Waals surface area (Å²) in [6.07, 6.45) is 8.70. The van der Waals surface area contributed by atoms with E-state index in [1.54, 1.807) is 43.3 Å². The number of anilines is 1. The van der Waals surface area contributed by atoms with Gasteiger partial charge in [0, 0.05) is 12.0 Å². The Labute approximate surface area is 500 Å². The number of halogens is 4. The number of terminal acetylenes is 1. The number of fused-ring (bicyclic) bond motifs is 2. The third kappa shape index (κ3) is 17.0. The van der Waals surface area contributed by atoms with E-state index in [1.807, 2.05) is 76.2 Å². The number of benzene rings is 7. The van der Waals surface area contributed by atoms with E-state index >= 15 is 0 Å². The van der Waals surface area contributed by atoms with Gasteiger partial charge in [-0.05, 0) is 155 Å². The van der Waals surface area contributed by atoms with Gasteiger partial charge in [-0.2, -0.15) is 8.78 Å². The molecule has 2 aliphatic rings. The third-order valence-corrected chi connectivity index (χ3v) is 18.0. The van der Waals surface area contributed by atoms with E-state index in [-0.39, 0.29) is 35.6 Å². The number of amides is 2. The van der Waals surface area contributed by atoms with E-state index in [2.05, 4.69) is 105 Å². The fraction of sp³-hybridized carbons (Fsp3) is 0.309. The molecule has 0 aliphatic carbocycles. The lowest BCUT2D eigenvalue weighted by atomic mass is 9.86. The van der Waals surface area contributed by atoms with Gasteiger partial charge in [-0.15, -0.1) is 6.42 Å². The van der Waals surface area contributed by atoms with Crippen LogP contribution in [-0.4, -0.2) is 41.0 Å². The van der Waals surface area contributed by atoms with Gasteiger partial charge in [0.25, 0.3) is 0 Å². The Balaban J connectivity index is 0.000000198. The highest BCUT2D eigenvalue weighted by atomic mass is 32.2. The SMILES string of the molecule is C#Cc1ccc(N2C(=O)CC(C)(CC)C2=O)cc1.CCC(C)(C)C(=O)Oc1c(F)c(F)c(S(=O)(=O)[O-])c(F)c1F.CCC(C)c1ccc(C(C)(C)O)cc1.CCC(C)c1ccc(O)cc1.c1ccc([S+]2c3ccccc3Oc3ccccc32)cc1. The summed E-state index contributed by atoms with van der Waals surface area (Å²) >= 11 is 0. The van der Waals surface area contributed by atoms with Crippen LogP contribution in [0, 0.1) is 46.4 Å². The number of esters is 1. The zero-order valence-electron chi connectivity index (χ0n) is 49.6. The predicted molar refractivity (Wildman–Crippen MR) is 323 cm³/mol. The van der Waals surface area contributed by atoms with Crippen LogP contribution in [0.1, 0.15) is 142 Å². The minimum atomic E-state index is -5.81. The van der Waals surface area contributed by atoms with E-state index in [9.17, 15) is 50.0 Å². The van der Waals surface area contributed by atoms with Gasteiger partial charge >= 0.3 is 5.97 Å². The molecule has 0 aromatic heterocycles. The molecule has 9 rings (SSSR count). The van der Waals surface area contributed by atoms with Gasteiger partial charge in [0.1, 0.15) is 31.7 Å². The van der Waals surface area contributed by atoms with Crippen LogP contribution in [0.5, 0.6) is 23.0 Å². The second kappa shape index (κ2) is 29.4. The maximum atomic E-state index is 13.6. The van der Waals surface area contributed by atoms with Crippen molar-refractivity contribution in [2.45, 2.75) is 145 Å². The minimum absolute atomic E-state index is 0.0829. The molecule has 11 nitrogen and oxygen atoms in total. The zero-order valence-corrected chi connectivity index (χ0v) is 51.3. The Morgan fingerprint density at radius 2 is 1.19 bits per heavy atom. The molecule has 3 unspecified atom stereocenters. The van der Waals surface area contributed by atoms with E-state index in [0.717, 1.165) is 35.5 Å². The first kappa shape index (κ1) is 68.0. The Hall–Kier alpha value is -7.75. The van der Waals surface area contributed by atoms with Gasteiger partial charge in [-0.1, -0.05) is 133 Å². The van der Waals surface area contributed by atoms with Crippen molar-refractivity contribution in [3.05, 3.63) is 197 Å². The number of phenols is 1. The monoisotopic (exact) mass is 1200 g/mol. The summed E-state index contributed by atoms with van der Waals surface area (Å²) in [5.74, 6) is -6.68. The number of phenolic OH excluding ortho intramolecular Hbond substituents is 1. The van der Waals surface area contributed by atoms with Crippen molar-refractivity contribution >= 4 is 44.5 Å². The van der Waals surface area contributed by atoms with Gasteiger partial charge in [0.05, 0.1) is 22.1 Å². The molecule has 2 N–H and O–H groups in total. The molecule has 450 valence electrons. The lowest BCUT2D eigenvalue weighted by Crippen LogP contribution is -2.33. The van der Waals surface area contributed by atoms with Crippen LogP contribution in [-0.2, 0) is 41.0 Å². The lowest BCUT2D eigenvalue weighted by Gasteiger charge is -2.21. The molecule has 2 heterocycles. The van der Waals surface area contributed by atoms with E-state index < -0.39 is 66.4 Å². The van der Waals surface area contributed by atoms with Crippen LogP contribution in [0.4, 0.5) is 23.2 Å². The van der Waals surface area contributed by atoms with Crippen molar-refractivity contribution in [1.82, 2.24) is 0 Å². The second-order valence-electron chi connectivity index (χ2n) is 21.8. The first-order chi connectivity index (χ1) is 40.0. The van der Waals surface area contributed by atoms with E-state index in [0.29, 0.717) is 29.7 Å². The van der Waals surface area contributed by atoms with Gasteiger partial charge < -0.3 is 24.2 Å². The summed E-state index contributed by atoms with van der Waals surface area (Å²) < 4.78 is 96.5. The highest BCUT2D eigenvalue weighted by molar-refractivity contribution is 7.97.